The number of aromatic amines is 1. The highest BCUT2D eigenvalue weighted by Gasteiger charge is 2.20. The van der Waals surface area contributed by atoms with Gasteiger partial charge < -0.3 is 14.5 Å². The molecule has 1 aliphatic rings. The topological polar surface area (TPSA) is 81.9 Å². The maximum Gasteiger partial charge on any atom is 0.274 e. The first-order chi connectivity index (χ1) is 13.4. The third kappa shape index (κ3) is 3.13. The summed E-state index contributed by atoms with van der Waals surface area (Å²) >= 11 is 0. The van der Waals surface area contributed by atoms with Gasteiger partial charge in [0.2, 0.25) is 0 Å². The molecule has 0 bridgehead atoms. The summed E-state index contributed by atoms with van der Waals surface area (Å²) in [5, 5.41) is 0.853. The standard InChI is InChI=1S/C21H26N4O2S/c1-3-28(22,27)15-7-8-19(25-11-5-4-6-12-25)17(13-15)18-14-24(2)21(26)20-16(18)9-10-23-20/h7-10,13-14,22-23H,3-6,11-12H2,1-2H3. The highest BCUT2D eigenvalue weighted by atomic mass is 32.2. The fourth-order valence-electron chi connectivity index (χ4n) is 4.00. The summed E-state index contributed by atoms with van der Waals surface area (Å²) in [6.45, 7) is 3.75. The van der Waals surface area contributed by atoms with Crippen molar-refractivity contribution >= 4 is 26.3 Å². The smallest absolute Gasteiger partial charge is 0.274 e. The second-order valence-electron chi connectivity index (χ2n) is 7.42. The molecule has 2 N–H and O–H groups in total. The molecule has 7 heteroatoms. The summed E-state index contributed by atoms with van der Waals surface area (Å²) in [5.74, 6) is 0.280. The molecule has 28 heavy (non-hydrogen) atoms. The third-order valence-electron chi connectivity index (χ3n) is 5.64. The minimum atomic E-state index is -2.83. The van der Waals surface area contributed by atoms with E-state index in [0.29, 0.717) is 10.4 Å². The Kier molecular flexibility index (Phi) is 4.79. The van der Waals surface area contributed by atoms with E-state index in [1.807, 2.05) is 30.5 Å². The van der Waals surface area contributed by atoms with Crippen molar-refractivity contribution in [3.63, 3.8) is 0 Å². The Morgan fingerprint density at radius 1 is 1.14 bits per heavy atom. The van der Waals surface area contributed by atoms with Crippen LogP contribution in [0, 0.1) is 4.78 Å². The second-order valence-corrected chi connectivity index (χ2v) is 9.82. The van der Waals surface area contributed by atoms with Crippen molar-refractivity contribution in [2.75, 3.05) is 23.7 Å². The molecule has 0 radical (unpaired) electrons. The number of hydrogen-bond donors (Lipinski definition) is 2. The first-order valence-corrected chi connectivity index (χ1v) is 11.5. The Balaban J connectivity index is 2.01. The second kappa shape index (κ2) is 7.13. The summed E-state index contributed by atoms with van der Waals surface area (Å²) in [4.78, 5) is 18.4. The summed E-state index contributed by atoms with van der Waals surface area (Å²) < 4.78 is 22.6. The number of piperidine rings is 1. The van der Waals surface area contributed by atoms with E-state index in [2.05, 4.69) is 9.88 Å². The number of aryl methyl sites for hydroxylation is 1. The Morgan fingerprint density at radius 2 is 1.89 bits per heavy atom. The molecular weight excluding hydrogens is 372 g/mol. The molecule has 0 amide bonds. The van der Waals surface area contributed by atoms with Gasteiger partial charge in [-0.05, 0) is 43.5 Å². The van der Waals surface area contributed by atoms with Crippen molar-refractivity contribution in [3.05, 3.63) is 47.0 Å². The average molecular weight is 399 g/mol. The van der Waals surface area contributed by atoms with Gasteiger partial charge in [0.15, 0.2) is 0 Å². The van der Waals surface area contributed by atoms with E-state index in [1.165, 1.54) is 6.42 Å². The molecule has 3 aromatic rings. The normalized spacial score (nSPS) is 17.0. The monoisotopic (exact) mass is 398 g/mol. The lowest BCUT2D eigenvalue weighted by Gasteiger charge is -2.31. The van der Waals surface area contributed by atoms with Crippen molar-refractivity contribution in [1.29, 1.82) is 4.78 Å². The van der Waals surface area contributed by atoms with E-state index in [1.54, 1.807) is 24.7 Å². The number of aromatic nitrogens is 2. The average Bonchev–Trinajstić information content (AvgIpc) is 3.21. The van der Waals surface area contributed by atoms with E-state index in [9.17, 15) is 9.00 Å². The summed E-state index contributed by atoms with van der Waals surface area (Å²) in [5.41, 5.74) is 3.44. The first kappa shape index (κ1) is 18.8. The molecule has 2 aromatic heterocycles. The van der Waals surface area contributed by atoms with Crippen LogP contribution >= 0.6 is 0 Å². The number of H-pyrrole nitrogens is 1. The van der Waals surface area contributed by atoms with Gasteiger partial charge in [0.05, 0.1) is 9.73 Å². The molecule has 4 rings (SSSR count). The number of nitrogens with one attached hydrogen (secondary N) is 2. The fraction of sp³-hybridized carbons (Fsp3) is 0.381. The van der Waals surface area contributed by atoms with E-state index in [0.717, 1.165) is 48.1 Å². The predicted octanol–water partition coefficient (Wildman–Crippen LogP) is 3.95. The lowest BCUT2D eigenvalue weighted by atomic mass is 9.99. The molecule has 1 atom stereocenters. The van der Waals surface area contributed by atoms with Crippen LogP contribution < -0.4 is 10.5 Å². The van der Waals surface area contributed by atoms with Crippen LogP contribution in [-0.4, -0.2) is 32.6 Å². The fourth-order valence-corrected chi connectivity index (χ4v) is 4.93. The predicted molar refractivity (Wildman–Crippen MR) is 115 cm³/mol. The van der Waals surface area contributed by atoms with Crippen LogP contribution in [0.5, 0.6) is 0 Å². The van der Waals surface area contributed by atoms with Crippen LogP contribution in [0.4, 0.5) is 5.69 Å². The Morgan fingerprint density at radius 3 is 2.61 bits per heavy atom. The molecule has 0 aliphatic carbocycles. The maximum absolute atomic E-state index is 12.8. The number of pyridine rings is 1. The van der Waals surface area contributed by atoms with Crippen LogP contribution in [0.25, 0.3) is 22.0 Å². The van der Waals surface area contributed by atoms with E-state index in [4.69, 9.17) is 4.78 Å². The zero-order valence-corrected chi connectivity index (χ0v) is 17.1. The zero-order chi connectivity index (χ0) is 19.9. The SMILES string of the molecule is CCS(=N)(=O)c1ccc(N2CCCCC2)c(-c2cn(C)c(=O)c3[nH]ccc23)c1. The molecule has 1 aromatic carbocycles. The summed E-state index contributed by atoms with van der Waals surface area (Å²) in [6, 6.07) is 7.65. The maximum atomic E-state index is 12.8. The Hall–Kier alpha value is -2.54. The number of rotatable bonds is 4. The number of nitrogens with zero attached hydrogens (tertiary/aromatic N) is 2. The van der Waals surface area contributed by atoms with Crippen LogP contribution in [0.3, 0.4) is 0 Å². The molecule has 0 saturated carbocycles. The number of anilines is 1. The van der Waals surface area contributed by atoms with E-state index in [-0.39, 0.29) is 11.3 Å². The first-order valence-electron chi connectivity index (χ1n) is 9.75. The van der Waals surface area contributed by atoms with E-state index < -0.39 is 9.73 Å². The van der Waals surface area contributed by atoms with Crippen molar-refractivity contribution in [3.8, 4) is 11.1 Å². The molecule has 1 aliphatic heterocycles. The lowest BCUT2D eigenvalue weighted by Crippen LogP contribution is -2.30. The lowest BCUT2D eigenvalue weighted by molar-refractivity contribution is 0.578. The van der Waals surface area contributed by atoms with E-state index >= 15 is 0 Å². The van der Waals surface area contributed by atoms with Gasteiger partial charge in [0.1, 0.15) is 5.52 Å². The van der Waals surface area contributed by atoms with Crippen molar-refractivity contribution in [2.45, 2.75) is 31.1 Å². The van der Waals surface area contributed by atoms with Crippen molar-refractivity contribution in [1.82, 2.24) is 9.55 Å². The van der Waals surface area contributed by atoms with Gasteiger partial charge in [-0.15, -0.1) is 0 Å². The molecular formula is C21H26N4O2S. The van der Waals surface area contributed by atoms with Gasteiger partial charge in [-0.1, -0.05) is 6.92 Å². The summed E-state index contributed by atoms with van der Waals surface area (Å²) in [7, 11) is -1.08. The summed E-state index contributed by atoms with van der Waals surface area (Å²) in [6.07, 6.45) is 7.17. The molecule has 1 fully saturated rings. The van der Waals surface area contributed by atoms with Gasteiger partial charge in [0.25, 0.3) is 5.56 Å². The van der Waals surface area contributed by atoms with Crippen molar-refractivity contribution < 1.29 is 4.21 Å². The Labute approximate surface area is 165 Å². The largest absolute Gasteiger partial charge is 0.371 e. The minimum absolute atomic E-state index is 0.0720. The molecule has 1 unspecified atom stereocenters. The van der Waals surface area contributed by atoms with Crippen LogP contribution in [0.1, 0.15) is 26.2 Å². The van der Waals surface area contributed by atoms with Gasteiger partial charge in [-0.25, -0.2) is 8.99 Å². The number of benzene rings is 1. The number of hydrogen-bond acceptors (Lipinski definition) is 4. The van der Waals surface area contributed by atoms with Crippen LogP contribution in [-0.2, 0) is 16.8 Å². The van der Waals surface area contributed by atoms with Crippen molar-refractivity contribution in [2.24, 2.45) is 7.05 Å². The molecule has 0 spiro atoms. The highest BCUT2D eigenvalue weighted by molar-refractivity contribution is 7.92. The molecule has 1 saturated heterocycles. The van der Waals surface area contributed by atoms with Gasteiger partial charge in [-0.2, -0.15) is 0 Å². The zero-order valence-electron chi connectivity index (χ0n) is 16.3. The number of fused-ring (bicyclic) bond motifs is 1. The molecule has 6 nitrogen and oxygen atoms in total. The van der Waals surface area contributed by atoms with Gasteiger partial charge in [0, 0.05) is 65.4 Å². The quantitative estimate of drug-likeness (QED) is 0.698. The molecule has 148 valence electrons. The van der Waals surface area contributed by atoms with Gasteiger partial charge in [-0.3, -0.25) is 4.79 Å². The third-order valence-corrected chi connectivity index (χ3v) is 7.46. The van der Waals surface area contributed by atoms with Crippen LogP contribution in [0.2, 0.25) is 0 Å². The molecule has 3 heterocycles. The highest BCUT2D eigenvalue weighted by Crippen LogP contribution is 2.37. The Bertz CT molecular complexity index is 1180. The van der Waals surface area contributed by atoms with Gasteiger partial charge >= 0.3 is 0 Å². The minimum Gasteiger partial charge on any atom is -0.371 e. The van der Waals surface area contributed by atoms with Crippen LogP contribution in [0.15, 0.2) is 46.3 Å².